The van der Waals surface area contributed by atoms with Crippen LogP contribution in [0.25, 0.3) is 5.82 Å². The summed E-state index contributed by atoms with van der Waals surface area (Å²) >= 11 is 0. The molecule has 9 heteroatoms. The number of anilines is 2. The number of benzene rings is 1. The van der Waals surface area contributed by atoms with Crippen LogP contribution in [0.4, 0.5) is 11.5 Å². The SMILES string of the molecule is NC(=O)c1ccccc1NC(=O)C1CCCN(c2ccc(-n3ccnc3)nn2)C1. The predicted octanol–water partition coefficient (Wildman–Crippen LogP) is 1.62. The fourth-order valence-electron chi connectivity index (χ4n) is 3.46. The number of nitrogens with zero attached hydrogens (tertiary/aromatic N) is 5. The van der Waals surface area contributed by atoms with E-state index in [4.69, 9.17) is 5.73 Å². The van der Waals surface area contributed by atoms with Gasteiger partial charge in [-0.2, -0.15) is 0 Å². The molecule has 0 bridgehead atoms. The van der Waals surface area contributed by atoms with Crippen molar-refractivity contribution in [3.8, 4) is 5.82 Å². The van der Waals surface area contributed by atoms with Gasteiger partial charge in [0.25, 0.3) is 5.91 Å². The lowest BCUT2D eigenvalue weighted by atomic mass is 9.96. The molecule has 2 aromatic heterocycles. The molecule has 1 atom stereocenters. The Bertz CT molecular complexity index is 1000. The van der Waals surface area contributed by atoms with E-state index in [0.717, 1.165) is 25.2 Å². The number of carbonyl (C=O) groups is 2. The molecule has 4 rings (SSSR count). The van der Waals surface area contributed by atoms with Crippen LogP contribution in [0.3, 0.4) is 0 Å². The lowest BCUT2D eigenvalue weighted by molar-refractivity contribution is -0.120. The van der Waals surface area contributed by atoms with Crippen molar-refractivity contribution in [1.82, 2.24) is 19.7 Å². The van der Waals surface area contributed by atoms with Gasteiger partial charge in [-0.05, 0) is 37.1 Å². The van der Waals surface area contributed by atoms with Gasteiger partial charge < -0.3 is 16.0 Å². The second kappa shape index (κ2) is 8.09. The highest BCUT2D eigenvalue weighted by Gasteiger charge is 2.27. The van der Waals surface area contributed by atoms with E-state index in [1.165, 1.54) is 0 Å². The summed E-state index contributed by atoms with van der Waals surface area (Å²) in [5, 5.41) is 11.4. The Hall–Kier alpha value is -3.75. The monoisotopic (exact) mass is 391 g/mol. The minimum Gasteiger partial charge on any atom is -0.366 e. The summed E-state index contributed by atoms with van der Waals surface area (Å²) in [5.41, 5.74) is 6.13. The Balaban J connectivity index is 1.44. The number of carbonyl (C=O) groups excluding carboxylic acids is 2. The van der Waals surface area contributed by atoms with Crippen LogP contribution in [0.1, 0.15) is 23.2 Å². The lowest BCUT2D eigenvalue weighted by Gasteiger charge is -2.32. The summed E-state index contributed by atoms with van der Waals surface area (Å²) < 4.78 is 1.78. The average Bonchev–Trinajstić information content (AvgIpc) is 3.29. The highest BCUT2D eigenvalue weighted by Crippen LogP contribution is 2.24. The number of rotatable bonds is 5. The van der Waals surface area contributed by atoms with Crippen LogP contribution in [-0.4, -0.2) is 44.7 Å². The fourth-order valence-corrected chi connectivity index (χ4v) is 3.46. The third-order valence-electron chi connectivity index (χ3n) is 4.97. The van der Waals surface area contributed by atoms with Gasteiger partial charge >= 0.3 is 0 Å². The summed E-state index contributed by atoms with van der Waals surface area (Å²) in [6.45, 7) is 1.34. The molecule has 3 N–H and O–H groups in total. The normalized spacial score (nSPS) is 16.4. The Morgan fingerprint density at radius 2 is 1.90 bits per heavy atom. The molecule has 1 unspecified atom stereocenters. The smallest absolute Gasteiger partial charge is 0.250 e. The molecule has 2 amide bonds. The topological polar surface area (TPSA) is 119 Å². The van der Waals surface area contributed by atoms with Gasteiger partial charge in [0.1, 0.15) is 6.33 Å². The summed E-state index contributed by atoms with van der Waals surface area (Å²) in [6.07, 6.45) is 6.77. The number of para-hydroxylation sites is 1. The molecule has 148 valence electrons. The largest absolute Gasteiger partial charge is 0.366 e. The number of nitrogens with one attached hydrogen (secondary N) is 1. The fraction of sp³-hybridized carbons (Fsp3) is 0.250. The van der Waals surface area contributed by atoms with E-state index in [1.807, 2.05) is 12.1 Å². The molecule has 0 radical (unpaired) electrons. The van der Waals surface area contributed by atoms with Crippen LogP contribution in [0.2, 0.25) is 0 Å². The maximum absolute atomic E-state index is 12.8. The van der Waals surface area contributed by atoms with E-state index < -0.39 is 5.91 Å². The highest BCUT2D eigenvalue weighted by atomic mass is 16.2. The summed E-state index contributed by atoms with van der Waals surface area (Å²) in [5.74, 6) is 0.482. The molecule has 3 aromatic rings. The van der Waals surface area contributed by atoms with Gasteiger partial charge in [-0.1, -0.05) is 12.1 Å². The third-order valence-corrected chi connectivity index (χ3v) is 4.97. The second-order valence-electron chi connectivity index (χ2n) is 6.90. The first kappa shape index (κ1) is 18.6. The van der Waals surface area contributed by atoms with Gasteiger partial charge in [-0.25, -0.2) is 4.98 Å². The van der Waals surface area contributed by atoms with Crippen molar-refractivity contribution in [1.29, 1.82) is 0 Å². The molecule has 3 heterocycles. The lowest BCUT2D eigenvalue weighted by Crippen LogP contribution is -2.41. The summed E-state index contributed by atoms with van der Waals surface area (Å²) in [7, 11) is 0. The molecule has 1 fully saturated rings. The molecule has 1 saturated heterocycles. The molecule has 9 nitrogen and oxygen atoms in total. The molecular weight excluding hydrogens is 370 g/mol. The third kappa shape index (κ3) is 4.08. The van der Waals surface area contributed by atoms with E-state index in [0.29, 0.717) is 23.6 Å². The highest BCUT2D eigenvalue weighted by molar-refractivity contribution is 6.03. The van der Waals surface area contributed by atoms with Crippen LogP contribution in [0, 0.1) is 5.92 Å². The zero-order chi connectivity index (χ0) is 20.2. The number of amides is 2. The standard InChI is InChI=1S/C20H21N7O2/c21-19(28)15-5-1-2-6-16(15)23-20(29)14-4-3-10-26(12-14)17-7-8-18(25-24-17)27-11-9-22-13-27/h1-2,5-9,11,13-14H,3-4,10,12H2,(H2,21,28)(H,23,29). The van der Waals surface area contributed by atoms with Crippen molar-refractivity contribution in [2.24, 2.45) is 11.7 Å². The molecular formula is C20H21N7O2. The molecule has 1 aromatic carbocycles. The number of primary amides is 1. The van der Waals surface area contributed by atoms with Gasteiger partial charge in [-0.3, -0.25) is 14.2 Å². The minimum atomic E-state index is -0.570. The number of hydrogen-bond acceptors (Lipinski definition) is 6. The van der Waals surface area contributed by atoms with E-state index in [9.17, 15) is 9.59 Å². The molecule has 1 aliphatic rings. The van der Waals surface area contributed by atoms with E-state index in [1.54, 1.807) is 47.6 Å². The van der Waals surface area contributed by atoms with Gasteiger partial charge in [0, 0.05) is 25.5 Å². The molecule has 0 aliphatic carbocycles. The zero-order valence-electron chi connectivity index (χ0n) is 15.7. The second-order valence-corrected chi connectivity index (χ2v) is 6.90. The van der Waals surface area contributed by atoms with E-state index >= 15 is 0 Å². The summed E-state index contributed by atoms with van der Waals surface area (Å²) in [4.78, 5) is 30.4. The van der Waals surface area contributed by atoms with Crippen LogP contribution in [0.15, 0.2) is 55.1 Å². The first-order chi connectivity index (χ1) is 14.1. The van der Waals surface area contributed by atoms with E-state index in [2.05, 4.69) is 25.4 Å². The molecule has 29 heavy (non-hydrogen) atoms. The van der Waals surface area contributed by atoms with Crippen molar-refractivity contribution in [3.63, 3.8) is 0 Å². The van der Waals surface area contributed by atoms with Crippen molar-refractivity contribution < 1.29 is 9.59 Å². The van der Waals surface area contributed by atoms with E-state index in [-0.39, 0.29) is 11.8 Å². The minimum absolute atomic E-state index is 0.133. The Morgan fingerprint density at radius 1 is 1.10 bits per heavy atom. The Morgan fingerprint density at radius 3 is 2.62 bits per heavy atom. The first-order valence-electron chi connectivity index (χ1n) is 9.38. The van der Waals surface area contributed by atoms with Crippen molar-refractivity contribution in [2.45, 2.75) is 12.8 Å². The van der Waals surface area contributed by atoms with Crippen molar-refractivity contribution in [2.75, 3.05) is 23.3 Å². The van der Waals surface area contributed by atoms with Crippen LogP contribution in [0.5, 0.6) is 0 Å². The maximum Gasteiger partial charge on any atom is 0.250 e. The van der Waals surface area contributed by atoms with Crippen molar-refractivity contribution >= 4 is 23.3 Å². The Labute approximate surface area is 167 Å². The Kier molecular flexibility index (Phi) is 5.19. The number of piperidine rings is 1. The quantitative estimate of drug-likeness (QED) is 0.682. The number of aromatic nitrogens is 4. The number of hydrogen-bond donors (Lipinski definition) is 2. The first-order valence-corrected chi connectivity index (χ1v) is 9.38. The molecule has 0 spiro atoms. The molecule has 0 saturated carbocycles. The predicted molar refractivity (Wildman–Crippen MR) is 108 cm³/mol. The maximum atomic E-state index is 12.8. The van der Waals surface area contributed by atoms with Gasteiger partial charge in [0.2, 0.25) is 5.91 Å². The summed E-state index contributed by atoms with van der Waals surface area (Å²) in [6, 6.07) is 10.5. The zero-order valence-corrected chi connectivity index (χ0v) is 15.7. The van der Waals surface area contributed by atoms with Crippen LogP contribution < -0.4 is 16.0 Å². The molecule has 1 aliphatic heterocycles. The number of imidazole rings is 1. The van der Waals surface area contributed by atoms with Gasteiger partial charge in [0.15, 0.2) is 11.6 Å². The van der Waals surface area contributed by atoms with Gasteiger partial charge in [-0.15, -0.1) is 10.2 Å². The van der Waals surface area contributed by atoms with Crippen molar-refractivity contribution in [3.05, 3.63) is 60.7 Å². The van der Waals surface area contributed by atoms with Crippen LogP contribution in [-0.2, 0) is 4.79 Å². The average molecular weight is 391 g/mol. The number of nitrogens with two attached hydrogens (primary N) is 1. The van der Waals surface area contributed by atoms with Gasteiger partial charge in [0.05, 0.1) is 17.2 Å². The van der Waals surface area contributed by atoms with Crippen LogP contribution >= 0.6 is 0 Å².